The molecular weight excluding hydrogens is 264 g/mol. The van der Waals surface area contributed by atoms with Gasteiger partial charge in [0.1, 0.15) is 5.54 Å². The molecule has 1 saturated heterocycles. The second kappa shape index (κ2) is 6.33. The maximum absolute atomic E-state index is 11.8. The van der Waals surface area contributed by atoms with Crippen molar-refractivity contribution in [1.82, 2.24) is 10.2 Å². The molecule has 0 aromatic rings. The normalized spacial score (nSPS) is 25.1. The van der Waals surface area contributed by atoms with E-state index in [1.165, 1.54) is 0 Å². The van der Waals surface area contributed by atoms with E-state index in [4.69, 9.17) is 0 Å². The first-order valence-corrected chi connectivity index (χ1v) is 8.63. The van der Waals surface area contributed by atoms with Crippen LogP contribution in [0.5, 0.6) is 0 Å². The van der Waals surface area contributed by atoms with Gasteiger partial charge in [-0.25, -0.2) is 0 Å². The highest BCUT2D eigenvalue weighted by Gasteiger charge is 2.51. The molecule has 0 aromatic heterocycles. The quantitative estimate of drug-likeness (QED) is 0.704. The van der Waals surface area contributed by atoms with E-state index in [1.807, 2.05) is 0 Å². The summed E-state index contributed by atoms with van der Waals surface area (Å²) < 4.78 is 11.4. The molecule has 110 valence electrons. The fourth-order valence-corrected chi connectivity index (χ4v) is 3.89. The Labute approximate surface area is 117 Å². The summed E-state index contributed by atoms with van der Waals surface area (Å²) in [7, 11) is -0.710. The summed E-state index contributed by atoms with van der Waals surface area (Å²) >= 11 is 0. The smallest absolute Gasteiger partial charge is 0.325 e. The maximum atomic E-state index is 11.8. The van der Waals surface area contributed by atoms with Crippen LogP contribution >= 0.6 is 0 Å². The van der Waals surface area contributed by atoms with E-state index in [0.717, 1.165) is 38.9 Å². The van der Waals surface area contributed by atoms with Crippen molar-refractivity contribution in [2.45, 2.75) is 31.7 Å². The molecule has 2 N–H and O–H groups in total. The summed E-state index contributed by atoms with van der Waals surface area (Å²) in [5.41, 5.74) is -0.797. The lowest BCUT2D eigenvalue weighted by atomic mass is 9.92. The van der Waals surface area contributed by atoms with Gasteiger partial charge in [0.25, 0.3) is 0 Å². The van der Waals surface area contributed by atoms with Gasteiger partial charge in [0, 0.05) is 41.9 Å². The highest BCUT2D eigenvalue weighted by atomic mass is 32.2. The number of nitrogens with zero attached hydrogens (tertiary/aromatic N) is 1. The largest absolute Gasteiger partial charge is 0.480 e. The second-order valence-corrected chi connectivity index (χ2v) is 7.30. The second-order valence-electron chi connectivity index (χ2n) is 5.60. The molecule has 6 heteroatoms. The van der Waals surface area contributed by atoms with Gasteiger partial charge < -0.3 is 10.4 Å². The molecule has 2 aliphatic rings. The molecule has 1 unspecified atom stereocenters. The Morgan fingerprint density at radius 3 is 2.53 bits per heavy atom. The van der Waals surface area contributed by atoms with Crippen molar-refractivity contribution in [3.05, 3.63) is 0 Å². The van der Waals surface area contributed by atoms with Crippen LogP contribution in [0.4, 0.5) is 0 Å². The molecule has 1 aliphatic heterocycles. The molecule has 0 bridgehead atoms. The minimum atomic E-state index is -0.797. The molecule has 2 rings (SSSR count). The average molecular weight is 288 g/mol. The van der Waals surface area contributed by atoms with Crippen LogP contribution in [-0.2, 0) is 15.6 Å². The van der Waals surface area contributed by atoms with Crippen molar-refractivity contribution in [3.8, 4) is 0 Å². The first-order valence-electron chi connectivity index (χ1n) is 7.14. The van der Waals surface area contributed by atoms with E-state index in [2.05, 4.69) is 17.1 Å². The van der Waals surface area contributed by atoms with Crippen LogP contribution in [0.2, 0.25) is 0 Å². The van der Waals surface area contributed by atoms with E-state index in [0.29, 0.717) is 18.1 Å². The fourth-order valence-electron chi connectivity index (χ4n) is 2.76. The lowest BCUT2D eigenvalue weighted by molar-refractivity contribution is -0.147. The Kier molecular flexibility index (Phi) is 4.97. The Morgan fingerprint density at radius 2 is 2.05 bits per heavy atom. The van der Waals surface area contributed by atoms with Gasteiger partial charge in [-0.15, -0.1) is 0 Å². The van der Waals surface area contributed by atoms with E-state index in [1.54, 1.807) is 0 Å². The van der Waals surface area contributed by atoms with Gasteiger partial charge in [-0.05, 0) is 31.7 Å². The van der Waals surface area contributed by atoms with Crippen molar-refractivity contribution in [3.63, 3.8) is 0 Å². The number of hydrogen-bond acceptors (Lipinski definition) is 4. The fraction of sp³-hybridized carbons (Fsp3) is 0.923. The highest BCUT2D eigenvalue weighted by molar-refractivity contribution is 7.85. The first kappa shape index (κ1) is 14.9. The molecule has 0 aromatic carbocycles. The molecule has 1 aliphatic carbocycles. The lowest BCUT2D eigenvalue weighted by Crippen LogP contribution is -2.62. The van der Waals surface area contributed by atoms with E-state index >= 15 is 0 Å². The minimum absolute atomic E-state index is 0.254. The summed E-state index contributed by atoms with van der Waals surface area (Å²) in [5.74, 6) is 0.876. The van der Waals surface area contributed by atoms with E-state index in [-0.39, 0.29) is 5.92 Å². The van der Waals surface area contributed by atoms with Crippen LogP contribution in [-0.4, -0.2) is 63.4 Å². The van der Waals surface area contributed by atoms with Crippen molar-refractivity contribution in [1.29, 1.82) is 0 Å². The predicted molar refractivity (Wildman–Crippen MR) is 75.7 cm³/mol. The topological polar surface area (TPSA) is 69.6 Å². The highest BCUT2D eigenvalue weighted by Crippen LogP contribution is 2.40. The summed E-state index contributed by atoms with van der Waals surface area (Å²) in [6.45, 7) is 4.84. The monoisotopic (exact) mass is 288 g/mol. The number of aliphatic carboxylic acids is 1. The molecule has 2 fully saturated rings. The minimum Gasteiger partial charge on any atom is -0.480 e. The molecule has 5 nitrogen and oxygen atoms in total. The van der Waals surface area contributed by atoms with Gasteiger partial charge in [-0.3, -0.25) is 13.9 Å². The summed E-state index contributed by atoms with van der Waals surface area (Å²) in [6, 6.07) is 0. The Bertz CT molecular complexity index is 350. The molecule has 1 heterocycles. The van der Waals surface area contributed by atoms with Gasteiger partial charge in [-0.2, -0.15) is 0 Å². The third-order valence-corrected chi connectivity index (χ3v) is 5.37. The van der Waals surface area contributed by atoms with Gasteiger partial charge in [0.15, 0.2) is 0 Å². The molecule has 0 spiro atoms. The Morgan fingerprint density at radius 1 is 1.42 bits per heavy atom. The van der Waals surface area contributed by atoms with Crippen LogP contribution in [0, 0.1) is 5.92 Å². The van der Waals surface area contributed by atoms with Gasteiger partial charge in [0.05, 0.1) is 0 Å². The molecule has 1 atom stereocenters. The summed E-state index contributed by atoms with van der Waals surface area (Å²) in [6.07, 6.45) is 2.94. The van der Waals surface area contributed by atoms with Crippen LogP contribution in [0.1, 0.15) is 26.2 Å². The van der Waals surface area contributed by atoms with Crippen molar-refractivity contribution in [2.24, 2.45) is 5.92 Å². The van der Waals surface area contributed by atoms with Crippen molar-refractivity contribution < 1.29 is 14.1 Å². The van der Waals surface area contributed by atoms with Crippen molar-refractivity contribution in [2.75, 3.05) is 37.7 Å². The third-order valence-electron chi connectivity index (χ3n) is 4.09. The third kappa shape index (κ3) is 3.55. The maximum Gasteiger partial charge on any atom is 0.325 e. The van der Waals surface area contributed by atoms with E-state index < -0.39 is 22.3 Å². The Balaban J connectivity index is 2.03. The number of carboxylic acid groups (broad SMARTS) is 1. The molecule has 0 amide bonds. The Hall–Kier alpha value is -0.460. The molecule has 0 radical (unpaired) electrons. The van der Waals surface area contributed by atoms with E-state index in [9.17, 15) is 14.1 Å². The zero-order valence-corrected chi connectivity index (χ0v) is 12.4. The van der Waals surface area contributed by atoms with Crippen LogP contribution < -0.4 is 5.32 Å². The summed E-state index contributed by atoms with van der Waals surface area (Å²) in [4.78, 5) is 14.0. The van der Waals surface area contributed by atoms with Crippen LogP contribution in [0.15, 0.2) is 0 Å². The predicted octanol–water partition coefficient (Wildman–Crippen LogP) is 0.284. The molecular formula is C13H24N2O3S. The SMILES string of the molecule is CCCNC(CN1CCS(=O)CC1)(C(=O)O)C1CC1. The number of rotatable bonds is 7. The number of hydrogen-bond donors (Lipinski definition) is 2. The standard InChI is InChI=1S/C13H24N2O3S/c1-2-5-14-13(12(16)17,11-3-4-11)10-15-6-8-19(18)9-7-15/h11,14H,2-10H2,1H3,(H,16,17). The van der Waals surface area contributed by atoms with Crippen LogP contribution in [0.3, 0.4) is 0 Å². The van der Waals surface area contributed by atoms with Gasteiger partial charge in [0.2, 0.25) is 0 Å². The van der Waals surface area contributed by atoms with Crippen molar-refractivity contribution >= 4 is 16.8 Å². The van der Waals surface area contributed by atoms with Crippen LogP contribution in [0.25, 0.3) is 0 Å². The lowest BCUT2D eigenvalue weighted by Gasteiger charge is -2.37. The summed E-state index contributed by atoms with van der Waals surface area (Å²) in [5, 5.41) is 13.0. The van der Waals surface area contributed by atoms with Gasteiger partial charge in [-0.1, -0.05) is 6.92 Å². The first-order chi connectivity index (χ1) is 9.08. The average Bonchev–Trinajstić information content (AvgIpc) is 3.21. The number of carboxylic acids is 1. The zero-order chi connectivity index (χ0) is 13.9. The zero-order valence-electron chi connectivity index (χ0n) is 11.6. The molecule has 19 heavy (non-hydrogen) atoms. The molecule has 1 saturated carbocycles. The number of carbonyl (C=O) groups is 1. The number of nitrogens with one attached hydrogen (secondary N) is 1. The van der Waals surface area contributed by atoms with Gasteiger partial charge >= 0.3 is 5.97 Å².